The maximum atomic E-state index is 9.57. The lowest BCUT2D eigenvalue weighted by molar-refractivity contribution is 0.0164. The summed E-state index contributed by atoms with van der Waals surface area (Å²) in [6.45, 7) is 7.60. The summed E-state index contributed by atoms with van der Waals surface area (Å²) in [6, 6.07) is 15.2. The molecule has 0 bridgehead atoms. The van der Waals surface area contributed by atoms with Gasteiger partial charge in [0.1, 0.15) is 16.8 Å². The molecule has 37 heavy (non-hydrogen) atoms. The zero-order chi connectivity index (χ0) is 25.8. The Kier molecular flexibility index (Phi) is 7.90. The zero-order valence-corrected chi connectivity index (χ0v) is 22.4. The number of ether oxygens (including phenoxy) is 2. The average Bonchev–Trinajstić information content (AvgIpc) is 3.47. The van der Waals surface area contributed by atoms with Crippen molar-refractivity contribution in [3.63, 3.8) is 0 Å². The molecule has 7 heteroatoms. The van der Waals surface area contributed by atoms with Gasteiger partial charge in [0.25, 0.3) is 0 Å². The minimum absolute atomic E-state index is 0.0286. The SMILES string of the molecule is CC(C)Oc1ccc(-c2ncc(-c3cccc4c3CCC4N3CCOCC3)s2)cc1C#N.NC=C1CC1. The molecule has 6 nitrogen and oxygen atoms in total. The minimum Gasteiger partial charge on any atom is -0.490 e. The van der Waals surface area contributed by atoms with Crippen LogP contribution < -0.4 is 10.5 Å². The first-order valence-electron chi connectivity index (χ1n) is 13.1. The van der Waals surface area contributed by atoms with Crippen LogP contribution in [0, 0.1) is 11.3 Å². The van der Waals surface area contributed by atoms with Crippen LogP contribution in [0.2, 0.25) is 0 Å². The minimum atomic E-state index is 0.0286. The number of hydrogen-bond acceptors (Lipinski definition) is 7. The van der Waals surface area contributed by atoms with Crippen molar-refractivity contribution in [3.05, 3.63) is 71.1 Å². The number of nitriles is 1. The van der Waals surface area contributed by atoms with E-state index in [2.05, 4.69) is 29.2 Å². The van der Waals surface area contributed by atoms with Crippen molar-refractivity contribution in [1.82, 2.24) is 9.88 Å². The Morgan fingerprint density at radius 2 is 2.00 bits per heavy atom. The van der Waals surface area contributed by atoms with Crippen LogP contribution >= 0.6 is 11.3 Å². The molecule has 2 N–H and O–H groups in total. The van der Waals surface area contributed by atoms with Gasteiger partial charge in [0.05, 0.1) is 29.8 Å². The van der Waals surface area contributed by atoms with Crippen molar-refractivity contribution in [1.29, 1.82) is 5.26 Å². The molecule has 3 aromatic rings. The molecular weight excluding hydrogens is 480 g/mol. The lowest BCUT2D eigenvalue weighted by Crippen LogP contribution is -2.38. The summed E-state index contributed by atoms with van der Waals surface area (Å²) in [6.07, 6.45) is 8.46. The van der Waals surface area contributed by atoms with Crippen LogP contribution in [0.3, 0.4) is 0 Å². The standard InChI is InChI=1S/C26H27N3O2S.C4H7N/c1-17(2)31-24-9-6-18(14-19(24)15-27)26-28-16-25(32-26)22-5-3-4-21-20(22)7-8-23(21)29-10-12-30-13-11-29;5-3-4-1-2-4/h3-6,9,14,16-17,23H,7-8,10-13H2,1-2H3;3H,1-2,5H2. The molecule has 0 amide bonds. The van der Waals surface area contributed by atoms with E-state index in [4.69, 9.17) is 20.2 Å². The van der Waals surface area contributed by atoms with Gasteiger partial charge in [-0.2, -0.15) is 5.26 Å². The van der Waals surface area contributed by atoms with E-state index >= 15 is 0 Å². The predicted molar refractivity (Wildman–Crippen MR) is 148 cm³/mol. The summed E-state index contributed by atoms with van der Waals surface area (Å²) in [5.41, 5.74) is 12.2. The Hall–Kier alpha value is -3.18. The van der Waals surface area contributed by atoms with Crippen LogP contribution in [-0.2, 0) is 11.2 Å². The van der Waals surface area contributed by atoms with E-state index in [0.29, 0.717) is 17.4 Å². The molecular formula is C30H34N4O2S. The number of hydrogen-bond donors (Lipinski definition) is 1. The Morgan fingerprint density at radius 1 is 1.19 bits per heavy atom. The fraction of sp³-hybridized carbons (Fsp3) is 0.400. The van der Waals surface area contributed by atoms with Crippen LogP contribution in [0.1, 0.15) is 55.8 Å². The van der Waals surface area contributed by atoms with E-state index in [1.807, 2.05) is 38.2 Å². The van der Waals surface area contributed by atoms with E-state index in [9.17, 15) is 5.26 Å². The van der Waals surface area contributed by atoms with E-state index in [-0.39, 0.29) is 6.10 Å². The van der Waals surface area contributed by atoms with Gasteiger partial charge < -0.3 is 15.2 Å². The molecule has 1 aliphatic heterocycles. The van der Waals surface area contributed by atoms with Gasteiger partial charge in [-0.15, -0.1) is 11.3 Å². The van der Waals surface area contributed by atoms with E-state index < -0.39 is 0 Å². The molecule has 0 radical (unpaired) electrons. The number of benzene rings is 2. The van der Waals surface area contributed by atoms with Crippen LogP contribution in [0.25, 0.3) is 21.0 Å². The largest absolute Gasteiger partial charge is 0.490 e. The Labute approximate surface area is 223 Å². The number of thiazole rings is 1. The Balaban J connectivity index is 0.000000503. The zero-order valence-electron chi connectivity index (χ0n) is 21.6. The molecule has 1 saturated heterocycles. The van der Waals surface area contributed by atoms with Crippen LogP contribution in [0.15, 0.2) is 54.4 Å². The van der Waals surface area contributed by atoms with Gasteiger partial charge in [0, 0.05) is 30.9 Å². The highest BCUT2D eigenvalue weighted by molar-refractivity contribution is 7.18. The summed E-state index contributed by atoms with van der Waals surface area (Å²) < 4.78 is 11.3. The summed E-state index contributed by atoms with van der Waals surface area (Å²) in [4.78, 5) is 8.46. The van der Waals surface area contributed by atoms with E-state index in [1.54, 1.807) is 17.5 Å². The van der Waals surface area contributed by atoms with Crippen molar-refractivity contribution in [2.24, 2.45) is 5.73 Å². The molecule has 2 heterocycles. The molecule has 3 aliphatic rings. The third-order valence-corrected chi connectivity index (χ3v) is 8.06. The molecule has 1 aromatic heterocycles. The maximum absolute atomic E-state index is 9.57. The normalized spacial score (nSPS) is 18.5. The summed E-state index contributed by atoms with van der Waals surface area (Å²) >= 11 is 1.69. The van der Waals surface area contributed by atoms with Gasteiger partial charge in [0.2, 0.25) is 0 Å². The highest BCUT2D eigenvalue weighted by Crippen LogP contribution is 2.43. The number of nitrogens with two attached hydrogens (primary N) is 1. The fourth-order valence-electron chi connectivity index (χ4n) is 5.01. The third-order valence-electron chi connectivity index (χ3n) is 6.98. The summed E-state index contributed by atoms with van der Waals surface area (Å²) in [5, 5.41) is 10.5. The molecule has 2 fully saturated rings. The van der Waals surface area contributed by atoms with Gasteiger partial charge in [0.15, 0.2) is 0 Å². The number of rotatable bonds is 5. The van der Waals surface area contributed by atoms with Crippen molar-refractivity contribution in [2.45, 2.75) is 51.7 Å². The van der Waals surface area contributed by atoms with Gasteiger partial charge in [-0.05, 0) is 80.6 Å². The van der Waals surface area contributed by atoms with Crippen molar-refractivity contribution in [3.8, 4) is 32.8 Å². The van der Waals surface area contributed by atoms with E-state index in [0.717, 1.165) is 43.3 Å². The van der Waals surface area contributed by atoms with Gasteiger partial charge >= 0.3 is 0 Å². The number of morpholine rings is 1. The van der Waals surface area contributed by atoms with Crippen LogP contribution in [0.5, 0.6) is 5.75 Å². The molecule has 192 valence electrons. The first-order chi connectivity index (χ1) is 18.1. The highest BCUT2D eigenvalue weighted by atomic mass is 32.1. The second-order valence-corrected chi connectivity index (χ2v) is 11.0. The number of nitrogens with zero attached hydrogens (tertiary/aromatic N) is 3. The van der Waals surface area contributed by atoms with Crippen molar-refractivity contribution in [2.75, 3.05) is 26.3 Å². The smallest absolute Gasteiger partial charge is 0.137 e. The molecule has 2 aromatic carbocycles. The van der Waals surface area contributed by atoms with Gasteiger partial charge in [-0.25, -0.2) is 4.98 Å². The van der Waals surface area contributed by atoms with Crippen LogP contribution in [0.4, 0.5) is 0 Å². The fourth-order valence-corrected chi connectivity index (χ4v) is 5.97. The van der Waals surface area contributed by atoms with Crippen LogP contribution in [-0.4, -0.2) is 42.3 Å². The number of aromatic nitrogens is 1. The maximum Gasteiger partial charge on any atom is 0.137 e. The van der Waals surface area contributed by atoms with Crippen molar-refractivity contribution < 1.29 is 9.47 Å². The lowest BCUT2D eigenvalue weighted by Gasteiger charge is -2.32. The van der Waals surface area contributed by atoms with Gasteiger partial charge in [-0.1, -0.05) is 23.8 Å². The first kappa shape index (κ1) is 25.5. The molecule has 6 rings (SSSR count). The van der Waals surface area contributed by atoms with Crippen molar-refractivity contribution >= 4 is 11.3 Å². The lowest BCUT2D eigenvalue weighted by atomic mass is 10.0. The number of allylic oxidation sites excluding steroid dienone is 1. The first-order valence-corrected chi connectivity index (χ1v) is 13.9. The molecule has 1 atom stereocenters. The average molecular weight is 515 g/mol. The third kappa shape index (κ3) is 5.88. The van der Waals surface area contributed by atoms with E-state index in [1.165, 1.54) is 46.4 Å². The number of fused-ring (bicyclic) bond motifs is 1. The highest BCUT2D eigenvalue weighted by Gasteiger charge is 2.30. The monoisotopic (exact) mass is 514 g/mol. The summed E-state index contributed by atoms with van der Waals surface area (Å²) in [5.74, 6) is 0.623. The predicted octanol–water partition coefficient (Wildman–Crippen LogP) is 6.08. The molecule has 1 unspecified atom stereocenters. The molecule has 2 aliphatic carbocycles. The summed E-state index contributed by atoms with van der Waals surface area (Å²) in [7, 11) is 0. The second-order valence-electron chi connectivity index (χ2n) is 9.92. The second kappa shape index (κ2) is 11.5. The molecule has 0 spiro atoms. The Morgan fingerprint density at radius 3 is 2.68 bits per heavy atom. The Bertz CT molecular complexity index is 1310. The quantitative estimate of drug-likeness (QED) is 0.444. The topological polar surface area (TPSA) is 84.4 Å². The van der Waals surface area contributed by atoms with Gasteiger partial charge in [-0.3, -0.25) is 4.90 Å². The molecule has 1 saturated carbocycles.